The second-order valence-electron chi connectivity index (χ2n) is 6.67. The minimum atomic E-state index is -1.49. The second kappa shape index (κ2) is 5.89. The number of hydrogen-bond donors (Lipinski definition) is 3. The summed E-state index contributed by atoms with van der Waals surface area (Å²) in [5.74, 6) is -0.771. The zero-order valence-electron chi connectivity index (χ0n) is 14.4. The molecule has 3 aliphatic rings. The first-order valence-electron chi connectivity index (χ1n) is 8.60. The van der Waals surface area contributed by atoms with Crippen molar-refractivity contribution in [2.24, 2.45) is 5.29 Å². The highest BCUT2D eigenvalue weighted by Crippen LogP contribution is 2.44. The van der Waals surface area contributed by atoms with Crippen LogP contribution in [0.15, 0.2) is 52.2 Å². The van der Waals surface area contributed by atoms with Crippen LogP contribution in [-0.2, 0) is 22.7 Å². The molecular formula is C19H14N4O5. The van der Waals surface area contributed by atoms with E-state index in [0.717, 1.165) is 22.4 Å². The lowest BCUT2D eigenvalue weighted by atomic mass is 9.92. The number of ether oxygens (including phenoxy) is 1. The number of pyridine rings is 1. The first-order chi connectivity index (χ1) is 13.6. The van der Waals surface area contributed by atoms with E-state index in [1.165, 1.54) is 6.20 Å². The summed E-state index contributed by atoms with van der Waals surface area (Å²) in [6, 6.07) is 9.17. The van der Waals surface area contributed by atoms with Gasteiger partial charge in [0.2, 0.25) is 0 Å². The number of carbonyl (C=O) groups excluding carboxylic acids is 1. The summed E-state index contributed by atoms with van der Waals surface area (Å²) in [5.41, 5.74) is 7.00. The number of cyclic esters (lactones) is 1. The number of rotatable bonds is 2. The minimum Gasteiger partial charge on any atom is -0.458 e. The van der Waals surface area contributed by atoms with Gasteiger partial charge in [-0.3, -0.25) is 4.79 Å². The highest BCUT2D eigenvalue weighted by Gasteiger charge is 2.36. The fourth-order valence-corrected chi connectivity index (χ4v) is 3.94. The van der Waals surface area contributed by atoms with Crippen LogP contribution in [-0.4, -0.2) is 15.6 Å². The number of aromatic nitrogens is 1. The summed E-state index contributed by atoms with van der Waals surface area (Å²) in [5, 5.41) is 16.2. The molecule has 1 aromatic carbocycles. The predicted octanol–water partition coefficient (Wildman–Crippen LogP) is 1.40. The highest BCUT2D eigenvalue weighted by atomic mass is 16.5. The Hall–Kier alpha value is -3.72. The van der Waals surface area contributed by atoms with Crippen molar-refractivity contribution in [2.75, 3.05) is 5.32 Å². The van der Waals surface area contributed by atoms with E-state index in [9.17, 15) is 19.6 Å². The van der Waals surface area contributed by atoms with Crippen LogP contribution in [0.4, 0.5) is 5.69 Å². The summed E-state index contributed by atoms with van der Waals surface area (Å²) >= 11 is 0. The number of anilines is 1. The Morgan fingerprint density at radius 3 is 2.96 bits per heavy atom. The second-order valence-corrected chi connectivity index (χ2v) is 6.67. The number of nitrogens with one attached hydrogen (secondary N) is 2. The lowest BCUT2D eigenvalue weighted by Crippen LogP contribution is -2.33. The van der Waals surface area contributed by atoms with Crippen molar-refractivity contribution in [3.63, 3.8) is 0 Å². The quantitative estimate of drug-likeness (QED) is 0.410. The number of hydrogen-bond acceptors (Lipinski definition) is 7. The van der Waals surface area contributed by atoms with E-state index >= 15 is 0 Å². The number of allylic oxidation sites excluding steroid dienone is 2. The number of aliphatic hydroxyl groups excluding tert-OH is 1. The van der Waals surface area contributed by atoms with Gasteiger partial charge in [-0.1, -0.05) is 18.2 Å². The molecule has 3 aliphatic heterocycles. The van der Waals surface area contributed by atoms with Gasteiger partial charge >= 0.3 is 5.97 Å². The lowest BCUT2D eigenvalue weighted by molar-refractivity contribution is -0.157. The molecule has 0 aliphatic carbocycles. The molecule has 9 heteroatoms. The molecule has 2 aromatic rings. The third-order valence-corrected chi connectivity index (χ3v) is 5.25. The summed E-state index contributed by atoms with van der Waals surface area (Å²) < 4.78 is 6.47. The molecule has 3 N–H and O–H groups in total. The lowest BCUT2D eigenvalue weighted by Gasteiger charge is -2.24. The number of nitroso groups, excluding NO2 is 1. The van der Waals surface area contributed by atoms with Crippen LogP contribution in [0.2, 0.25) is 0 Å². The molecule has 5 rings (SSSR count). The van der Waals surface area contributed by atoms with Gasteiger partial charge in [0.15, 0.2) is 6.10 Å². The minimum absolute atomic E-state index is 0.165. The van der Waals surface area contributed by atoms with Gasteiger partial charge < -0.3 is 19.7 Å². The van der Waals surface area contributed by atoms with Crippen LogP contribution in [0, 0.1) is 4.91 Å². The topological polar surface area (TPSA) is 122 Å². The van der Waals surface area contributed by atoms with Gasteiger partial charge in [-0.2, -0.15) is 0 Å². The Balaban J connectivity index is 1.72. The average Bonchev–Trinajstić information content (AvgIpc) is 3.07. The maximum absolute atomic E-state index is 13.0. The van der Waals surface area contributed by atoms with Gasteiger partial charge in [-0.25, -0.2) is 10.2 Å². The van der Waals surface area contributed by atoms with Crippen LogP contribution in [0.5, 0.6) is 0 Å². The first kappa shape index (κ1) is 16.5. The van der Waals surface area contributed by atoms with Crippen molar-refractivity contribution in [2.45, 2.75) is 19.3 Å². The summed E-state index contributed by atoms with van der Waals surface area (Å²) in [6.45, 7) is 0.108. The molecule has 140 valence electrons. The van der Waals surface area contributed by atoms with E-state index < -0.39 is 12.1 Å². The molecule has 0 bridgehead atoms. The first-order valence-corrected chi connectivity index (χ1v) is 8.60. The third kappa shape index (κ3) is 2.16. The normalized spacial score (nSPS) is 20.5. The maximum Gasteiger partial charge on any atom is 0.340 e. The van der Waals surface area contributed by atoms with Crippen molar-refractivity contribution < 1.29 is 14.6 Å². The molecule has 0 radical (unpaired) electrons. The average molecular weight is 378 g/mol. The van der Waals surface area contributed by atoms with Gasteiger partial charge in [0, 0.05) is 34.2 Å². The Kier molecular flexibility index (Phi) is 3.46. The fourth-order valence-electron chi connectivity index (χ4n) is 3.94. The maximum atomic E-state index is 13.0. The number of nitrogens with zero attached hydrogens (tertiary/aromatic N) is 2. The van der Waals surface area contributed by atoms with Gasteiger partial charge in [-0.15, -0.1) is 4.91 Å². The van der Waals surface area contributed by atoms with E-state index in [2.05, 4.69) is 16.0 Å². The fraction of sp³-hybridized carbons (Fsp3) is 0.158. The monoisotopic (exact) mass is 378 g/mol. The Bertz CT molecular complexity index is 1180. The SMILES string of the molecule is O=NNC=C1C2=C(Nc3ccccc31)c1cc3c(c(=O)n1C2)COC(=O)C3O. The molecule has 0 saturated heterocycles. The third-order valence-electron chi connectivity index (χ3n) is 5.25. The number of benzene rings is 1. The standard InChI is InChI=1S/C19H14N4O5/c24-17-10-5-15-16-12(7-23(15)18(25)13(10)8-28-19(17)26)11(6-20-22-27)9-3-1-2-4-14(9)21-16/h1-6,17,21,24H,7-8H2,(H,20,27). The number of para-hydroxylation sites is 1. The van der Waals surface area contributed by atoms with E-state index in [1.54, 1.807) is 10.6 Å². The molecule has 1 aromatic heterocycles. The molecule has 4 heterocycles. The van der Waals surface area contributed by atoms with Crippen LogP contribution in [0.1, 0.15) is 28.5 Å². The Labute approximate surface area is 157 Å². The highest BCUT2D eigenvalue weighted by molar-refractivity contribution is 6.02. The largest absolute Gasteiger partial charge is 0.458 e. The molecule has 0 spiro atoms. The van der Waals surface area contributed by atoms with Crippen molar-refractivity contribution in [1.82, 2.24) is 9.99 Å². The van der Waals surface area contributed by atoms with Crippen LogP contribution < -0.4 is 16.3 Å². The van der Waals surface area contributed by atoms with Crippen molar-refractivity contribution in [3.8, 4) is 0 Å². The Morgan fingerprint density at radius 2 is 2.14 bits per heavy atom. The Morgan fingerprint density at radius 1 is 1.32 bits per heavy atom. The van der Waals surface area contributed by atoms with E-state index in [-0.39, 0.29) is 29.8 Å². The number of carbonyl (C=O) groups is 1. The van der Waals surface area contributed by atoms with Crippen molar-refractivity contribution in [3.05, 3.63) is 79.8 Å². The zero-order chi connectivity index (χ0) is 19.4. The predicted molar refractivity (Wildman–Crippen MR) is 99.4 cm³/mol. The molecule has 1 unspecified atom stereocenters. The number of aliphatic hydroxyl groups is 1. The van der Waals surface area contributed by atoms with Crippen LogP contribution in [0.3, 0.4) is 0 Å². The van der Waals surface area contributed by atoms with Crippen molar-refractivity contribution in [1.29, 1.82) is 0 Å². The smallest absolute Gasteiger partial charge is 0.340 e. The van der Waals surface area contributed by atoms with Crippen molar-refractivity contribution >= 4 is 22.9 Å². The molecule has 0 amide bonds. The molecular weight excluding hydrogens is 364 g/mol. The number of esters is 1. The zero-order valence-corrected chi connectivity index (χ0v) is 14.4. The van der Waals surface area contributed by atoms with Crippen LogP contribution in [0.25, 0.3) is 11.3 Å². The molecule has 28 heavy (non-hydrogen) atoms. The van der Waals surface area contributed by atoms with Gasteiger partial charge in [0.05, 0.1) is 28.8 Å². The van der Waals surface area contributed by atoms with E-state index in [1.807, 2.05) is 24.3 Å². The summed E-state index contributed by atoms with van der Waals surface area (Å²) in [4.78, 5) is 35.3. The molecule has 0 saturated carbocycles. The molecule has 9 nitrogen and oxygen atoms in total. The number of fused-ring (bicyclic) bond motifs is 4. The van der Waals surface area contributed by atoms with Crippen LogP contribution >= 0.6 is 0 Å². The van der Waals surface area contributed by atoms with Gasteiger partial charge in [0.25, 0.3) is 5.56 Å². The van der Waals surface area contributed by atoms with Gasteiger partial charge in [-0.05, 0) is 12.1 Å². The van der Waals surface area contributed by atoms with Gasteiger partial charge in [0.1, 0.15) is 6.61 Å². The molecule has 1 atom stereocenters. The van der Waals surface area contributed by atoms with E-state index in [0.29, 0.717) is 11.4 Å². The molecule has 0 fully saturated rings. The van der Waals surface area contributed by atoms with E-state index in [4.69, 9.17) is 4.74 Å². The summed E-state index contributed by atoms with van der Waals surface area (Å²) in [6.07, 6.45) is 0.0131. The summed E-state index contributed by atoms with van der Waals surface area (Å²) in [7, 11) is 0.